The molecule has 114 valence electrons. The number of ether oxygens (including phenoxy) is 1. The van der Waals surface area contributed by atoms with Gasteiger partial charge in [0, 0.05) is 0 Å². The maximum atomic E-state index is 12.1. The molecule has 0 aliphatic heterocycles. The largest absolute Gasteiger partial charge is 0.573 e. The van der Waals surface area contributed by atoms with Gasteiger partial charge in [-0.1, -0.05) is 12.1 Å². The molecule has 21 heavy (non-hydrogen) atoms. The second-order valence-corrected chi connectivity index (χ2v) is 4.69. The van der Waals surface area contributed by atoms with Crippen molar-refractivity contribution in [3.05, 3.63) is 53.5 Å². The lowest BCUT2D eigenvalue weighted by Gasteiger charge is -2.14. The highest BCUT2D eigenvalue weighted by atomic mass is 19.4. The molecule has 0 aliphatic carbocycles. The van der Waals surface area contributed by atoms with Crippen molar-refractivity contribution < 1.29 is 22.3 Å². The fourth-order valence-corrected chi connectivity index (χ4v) is 2.05. The molecule has 0 radical (unpaired) electrons. The molecule has 0 spiro atoms. The lowest BCUT2D eigenvalue weighted by atomic mass is 10.0. The van der Waals surface area contributed by atoms with Crippen LogP contribution in [0.5, 0.6) is 5.75 Å². The molecule has 0 fully saturated rings. The van der Waals surface area contributed by atoms with E-state index >= 15 is 0 Å². The average Bonchev–Trinajstić information content (AvgIpc) is 2.82. The molecule has 1 unspecified atom stereocenters. The summed E-state index contributed by atoms with van der Waals surface area (Å²) in [6.45, 7) is 1.86. The third-order valence-electron chi connectivity index (χ3n) is 3.05. The van der Waals surface area contributed by atoms with Gasteiger partial charge in [-0.15, -0.1) is 13.2 Å². The van der Waals surface area contributed by atoms with E-state index in [4.69, 9.17) is 4.42 Å². The minimum absolute atomic E-state index is 0.0342. The van der Waals surface area contributed by atoms with Gasteiger partial charge in [0.2, 0.25) is 0 Å². The van der Waals surface area contributed by atoms with Crippen molar-refractivity contribution in [1.29, 1.82) is 0 Å². The Balaban J connectivity index is 2.05. The number of halogens is 3. The number of alkyl halides is 3. The molecule has 0 saturated carbocycles. The topological polar surface area (TPSA) is 34.4 Å². The molecule has 3 nitrogen and oxygen atoms in total. The maximum Gasteiger partial charge on any atom is 0.573 e. The summed E-state index contributed by atoms with van der Waals surface area (Å²) in [6.07, 6.45) is -4.06. The third-order valence-corrected chi connectivity index (χ3v) is 3.05. The number of nitrogens with one attached hydrogen (secondary N) is 1. The van der Waals surface area contributed by atoms with Crippen LogP contribution in [0.3, 0.4) is 0 Å². The van der Waals surface area contributed by atoms with Crippen molar-refractivity contribution in [2.45, 2.75) is 25.7 Å². The molecule has 1 heterocycles. The lowest BCUT2D eigenvalue weighted by Crippen LogP contribution is -2.18. The smallest absolute Gasteiger partial charge is 0.465 e. The molecule has 0 amide bonds. The van der Waals surface area contributed by atoms with Gasteiger partial charge in [0.25, 0.3) is 0 Å². The summed E-state index contributed by atoms with van der Waals surface area (Å²) in [7, 11) is 1.81. The second kappa shape index (κ2) is 6.22. The van der Waals surface area contributed by atoms with Crippen LogP contribution in [-0.4, -0.2) is 13.4 Å². The SMILES string of the molecule is CNC(Cc1ccc(OC(F)(F)F)cc1)c1ccc(C)o1. The fraction of sp³-hybridized carbons (Fsp3) is 0.333. The van der Waals surface area contributed by atoms with Gasteiger partial charge < -0.3 is 14.5 Å². The van der Waals surface area contributed by atoms with Crippen molar-refractivity contribution in [3.8, 4) is 5.75 Å². The van der Waals surface area contributed by atoms with E-state index in [1.54, 1.807) is 12.1 Å². The summed E-state index contributed by atoms with van der Waals surface area (Å²) in [5.74, 6) is 1.39. The summed E-state index contributed by atoms with van der Waals surface area (Å²) in [5.41, 5.74) is 0.887. The molecule has 2 rings (SSSR count). The van der Waals surface area contributed by atoms with Crippen LogP contribution in [0.25, 0.3) is 0 Å². The molecule has 0 aliphatic rings. The van der Waals surface area contributed by atoms with Crippen molar-refractivity contribution >= 4 is 0 Å². The van der Waals surface area contributed by atoms with Crippen molar-refractivity contribution in [2.75, 3.05) is 7.05 Å². The first-order valence-corrected chi connectivity index (χ1v) is 6.45. The van der Waals surface area contributed by atoms with Gasteiger partial charge in [-0.3, -0.25) is 0 Å². The maximum absolute atomic E-state index is 12.1. The van der Waals surface area contributed by atoms with E-state index in [0.29, 0.717) is 6.42 Å². The van der Waals surface area contributed by atoms with E-state index < -0.39 is 6.36 Å². The van der Waals surface area contributed by atoms with E-state index in [0.717, 1.165) is 17.1 Å². The number of likely N-dealkylation sites (N-methyl/N-ethyl adjacent to an activating group) is 1. The normalized spacial score (nSPS) is 13.2. The number of hydrogen-bond donors (Lipinski definition) is 1. The Bertz CT molecular complexity index is 575. The molecule has 1 N–H and O–H groups in total. The van der Waals surface area contributed by atoms with Crippen LogP contribution >= 0.6 is 0 Å². The standard InChI is InChI=1S/C15H16F3NO2/c1-10-3-8-14(20-10)13(19-2)9-11-4-6-12(7-5-11)21-15(16,17)18/h3-8,13,19H,9H2,1-2H3. The molecule has 2 aromatic rings. The Labute approximate surface area is 120 Å². The van der Waals surface area contributed by atoms with Gasteiger partial charge in [-0.2, -0.15) is 0 Å². The van der Waals surface area contributed by atoms with Crippen LogP contribution < -0.4 is 10.1 Å². The monoisotopic (exact) mass is 299 g/mol. The number of hydrogen-bond acceptors (Lipinski definition) is 3. The Morgan fingerprint density at radius 2 is 1.81 bits per heavy atom. The fourth-order valence-electron chi connectivity index (χ4n) is 2.05. The third kappa shape index (κ3) is 4.53. The molecule has 1 aromatic heterocycles. The van der Waals surface area contributed by atoms with Crippen LogP contribution in [0.15, 0.2) is 40.8 Å². The molecular formula is C15H16F3NO2. The highest BCUT2D eigenvalue weighted by molar-refractivity contribution is 5.28. The Hall–Kier alpha value is -1.95. The highest BCUT2D eigenvalue weighted by Gasteiger charge is 2.31. The summed E-state index contributed by atoms with van der Waals surface area (Å²) in [6, 6.07) is 9.57. The number of rotatable bonds is 5. The van der Waals surface area contributed by atoms with Crippen LogP contribution in [0.2, 0.25) is 0 Å². The Kier molecular flexibility index (Phi) is 4.57. The first kappa shape index (κ1) is 15.4. The molecule has 1 atom stereocenters. The second-order valence-electron chi connectivity index (χ2n) is 4.69. The van der Waals surface area contributed by atoms with Gasteiger partial charge >= 0.3 is 6.36 Å². The zero-order chi connectivity index (χ0) is 15.5. The van der Waals surface area contributed by atoms with Gasteiger partial charge in [0.05, 0.1) is 6.04 Å². The van der Waals surface area contributed by atoms with E-state index in [9.17, 15) is 13.2 Å². The number of benzene rings is 1. The van der Waals surface area contributed by atoms with Crippen LogP contribution in [-0.2, 0) is 6.42 Å². The predicted molar refractivity (Wildman–Crippen MR) is 72.1 cm³/mol. The Morgan fingerprint density at radius 3 is 2.29 bits per heavy atom. The van der Waals surface area contributed by atoms with E-state index in [1.807, 2.05) is 26.1 Å². The molecule has 1 aromatic carbocycles. The quantitative estimate of drug-likeness (QED) is 0.906. The summed E-state index contributed by atoms with van der Waals surface area (Å²) < 4.78 is 45.7. The number of furan rings is 1. The van der Waals surface area contributed by atoms with E-state index in [1.165, 1.54) is 12.1 Å². The summed E-state index contributed by atoms with van der Waals surface area (Å²) >= 11 is 0. The molecule has 6 heteroatoms. The predicted octanol–water partition coefficient (Wildman–Crippen LogP) is 3.99. The van der Waals surface area contributed by atoms with Crippen LogP contribution in [0.4, 0.5) is 13.2 Å². The minimum Gasteiger partial charge on any atom is -0.465 e. The summed E-state index contributed by atoms with van der Waals surface area (Å²) in [5, 5.41) is 3.13. The molecular weight excluding hydrogens is 283 g/mol. The van der Waals surface area contributed by atoms with Crippen LogP contribution in [0.1, 0.15) is 23.1 Å². The van der Waals surface area contributed by atoms with Crippen molar-refractivity contribution in [3.63, 3.8) is 0 Å². The first-order valence-electron chi connectivity index (χ1n) is 6.45. The number of aryl methyl sites for hydroxylation is 1. The average molecular weight is 299 g/mol. The lowest BCUT2D eigenvalue weighted by molar-refractivity contribution is -0.274. The van der Waals surface area contributed by atoms with Crippen molar-refractivity contribution in [1.82, 2.24) is 5.32 Å². The molecule has 0 bridgehead atoms. The van der Waals surface area contributed by atoms with E-state index in [2.05, 4.69) is 10.1 Å². The Morgan fingerprint density at radius 1 is 1.14 bits per heavy atom. The van der Waals surface area contributed by atoms with Gasteiger partial charge in [-0.05, 0) is 50.2 Å². The van der Waals surface area contributed by atoms with Crippen molar-refractivity contribution in [2.24, 2.45) is 0 Å². The van der Waals surface area contributed by atoms with Gasteiger partial charge in [0.1, 0.15) is 17.3 Å². The molecule has 0 saturated heterocycles. The van der Waals surface area contributed by atoms with Gasteiger partial charge in [-0.25, -0.2) is 0 Å². The zero-order valence-electron chi connectivity index (χ0n) is 11.7. The van der Waals surface area contributed by atoms with Crippen LogP contribution in [0, 0.1) is 6.92 Å². The minimum atomic E-state index is -4.67. The summed E-state index contributed by atoms with van der Waals surface area (Å²) in [4.78, 5) is 0. The van der Waals surface area contributed by atoms with E-state index in [-0.39, 0.29) is 11.8 Å². The zero-order valence-corrected chi connectivity index (χ0v) is 11.7. The highest BCUT2D eigenvalue weighted by Crippen LogP contribution is 2.25. The first-order chi connectivity index (χ1) is 9.87. The van der Waals surface area contributed by atoms with Gasteiger partial charge in [0.15, 0.2) is 0 Å².